The Hall–Kier alpha value is -1.42. The normalized spacial score (nSPS) is 30.5. The summed E-state index contributed by atoms with van der Waals surface area (Å²) in [6.07, 6.45) is 1.62. The van der Waals surface area contributed by atoms with Gasteiger partial charge >= 0.3 is 6.09 Å². The number of nitrogens with zero attached hydrogens (tertiary/aromatic N) is 4. The molecule has 0 N–H and O–H groups in total. The monoisotopic (exact) mass is 238 g/mol. The Balaban J connectivity index is 1.94. The third-order valence-corrected chi connectivity index (χ3v) is 3.38. The number of amides is 1. The van der Waals surface area contributed by atoms with Crippen molar-refractivity contribution < 1.29 is 9.53 Å². The van der Waals surface area contributed by atoms with Crippen LogP contribution in [0.1, 0.15) is 33.6 Å². The van der Waals surface area contributed by atoms with Crippen molar-refractivity contribution >= 4 is 6.09 Å². The molecule has 1 amide bonds. The molecule has 3 rings (SSSR count). The van der Waals surface area contributed by atoms with Gasteiger partial charge in [0.25, 0.3) is 0 Å². The zero-order valence-electron chi connectivity index (χ0n) is 10.5. The molecule has 2 saturated heterocycles. The average Bonchev–Trinajstić information content (AvgIpc) is 2.66. The number of azide groups is 1. The SMILES string of the molecule is CC(C)(C)OC(=O)N1CC2(CN=[N+]=[N-])CC1C2. The highest BCUT2D eigenvalue weighted by Gasteiger charge is 2.56. The third-order valence-electron chi connectivity index (χ3n) is 3.38. The van der Waals surface area contributed by atoms with Gasteiger partial charge in [0.05, 0.1) is 0 Å². The summed E-state index contributed by atoms with van der Waals surface area (Å²) in [5.74, 6) is 0. The number of carbonyl (C=O) groups is 1. The molecule has 3 aliphatic rings. The van der Waals surface area contributed by atoms with E-state index in [0.717, 1.165) is 12.8 Å². The number of fused-ring (bicyclic) bond motifs is 1. The van der Waals surface area contributed by atoms with E-state index >= 15 is 0 Å². The highest BCUT2D eigenvalue weighted by Crippen LogP contribution is 2.52. The summed E-state index contributed by atoms with van der Waals surface area (Å²) in [5, 5.41) is 3.63. The number of rotatable bonds is 2. The summed E-state index contributed by atoms with van der Waals surface area (Å²) in [7, 11) is 0. The van der Waals surface area contributed by atoms with E-state index in [1.54, 1.807) is 4.90 Å². The summed E-state index contributed by atoms with van der Waals surface area (Å²) in [4.78, 5) is 16.5. The second-order valence-corrected chi connectivity index (χ2v) is 6.06. The molecule has 1 aliphatic carbocycles. The molecule has 0 atom stereocenters. The highest BCUT2D eigenvalue weighted by molar-refractivity contribution is 5.70. The molecule has 2 bridgehead atoms. The Labute approximate surface area is 101 Å². The molecule has 1 saturated carbocycles. The molecule has 0 radical (unpaired) electrons. The fraction of sp³-hybridized carbons (Fsp3) is 0.909. The van der Waals surface area contributed by atoms with Crippen molar-refractivity contribution in [2.45, 2.75) is 45.3 Å². The van der Waals surface area contributed by atoms with E-state index in [0.29, 0.717) is 13.1 Å². The van der Waals surface area contributed by atoms with Gasteiger partial charge in [-0.2, -0.15) is 0 Å². The smallest absolute Gasteiger partial charge is 0.410 e. The lowest BCUT2D eigenvalue weighted by Crippen LogP contribution is -2.39. The van der Waals surface area contributed by atoms with Crippen molar-refractivity contribution in [3.8, 4) is 0 Å². The van der Waals surface area contributed by atoms with Crippen LogP contribution in [0, 0.1) is 5.41 Å². The largest absolute Gasteiger partial charge is 0.444 e. The first-order valence-corrected chi connectivity index (χ1v) is 5.86. The molecule has 0 aromatic carbocycles. The lowest BCUT2D eigenvalue weighted by molar-refractivity contribution is 0.0244. The fourth-order valence-electron chi connectivity index (χ4n) is 2.67. The van der Waals surface area contributed by atoms with E-state index < -0.39 is 5.60 Å². The van der Waals surface area contributed by atoms with Crippen LogP contribution < -0.4 is 0 Å². The number of carbonyl (C=O) groups excluding carboxylic acids is 1. The minimum absolute atomic E-state index is 0.0216. The summed E-state index contributed by atoms with van der Waals surface area (Å²) in [5.41, 5.74) is 7.90. The van der Waals surface area contributed by atoms with Crippen molar-refractivity contribution in [3.05, 3.63) is 10.4 Å². The molecule has 6 heteroatoms. The second kappa shape index (κ2) is 3.81. The van der Waals surface area contributed by atoms with Gasteiger partial charge in [-0.25, -0.2) is 4.79 Å². The van der Waals surface area contributed by atoms with Crippen molar-refractivity contribution in [3.63, 3.8) is 0 Å². The van der Waals surface area contributed by atoms with Gasteiger partial charge in [-0.3, -0.25) is 0 Å². The molecule has 0 unspecified atom stereocenters. The van der Waals surface area contributed by atoms with Crippen molar-refractivity contribution in [2.75, 3.05) is 13.1 Å². The molecule has 2 heterocycles. The van der Waals surface area contributed by atoms with Crippen LogP contribution in [0.15, 0.2) is 5.11 Å². The van der Waals surface area contributed by atoms with Crippen LogP contribution in [0.2, 0.25) is 0 Å². The molecule has 2 aliphatic heterocycles. The first-order valence-electron chi connectivity index (χ1n) is 5.86. The summed E-state index contributed by atoms with van der Waals surface area (Å²) >= 11 is 0. The molecule has 6 nitrogen and oxygen atoms in total. The first kappa shape index (κ1) is 12.0. The predicted molar refractivity (Wildman–Crippen MR) is 62.4 cm³/mol. The van der Waals surface area contributed by atoms with E-state index in [4.69, 9.17) is 10.3 Å². The molecule has 0 aromatic heterocycles. The van der Waals surface area contributed by atoms with Crippen LogP contribution in [-0.4, -0.2) is 35.7 Å². The fourth-order valence-corrected chi connectivity index (χ4v) is 2.67. The molecular formula is C11H18N4O2. The van der Waals surface area contributed by atoms with Crippen LogP contribution in [0.4, 0.5) is 4.79 Å². The number of hydrogen-bond donors (Lipinski definition) is 0. The Morgan fingerprint density at radius 3 is 2.76 bits per heavy atom. The van der Waals surface area contributed by atoms with Gasteiger partial charge in [0, 0.05) is 24.0 Å². The molecule has 0 spiro atoms. The van der Waals surface area contributed by atoms with Gasteiger partial charge in [-0.15, -0.1) is 0 Å². The van der Waals surface area contributed by atoms with Crippen LogP contribution in [0.3, 0.4) is 0 Å². The topological polar surface area (TPSA) is 78.3 Å². The van der Waals surface area contributed by atoms with Gasteiger partial charge in [-0.05, 0) is 44.6 Å². The Morgan fingerprint density at radius 1 is 1.59 bits per heavy atom. The van der Waals surface area contributed by atoms with Crippen LogP contribution in [-0.2, 0) is 4.74 Å². The lowest BCUT2D eigenvalue weighted by atomic mass is 9.70. The molecule has 94 valence electrons. The van der Waals surface area contributed by atoms with Crippen LogP contribution in [0.25, 0.3) is 10.4 Å². The molecule has 3 fully saturated rings. The second-order valence-electron chi connectivity index (χ2n) is 6.06. The van der Waals surface area contributed by atoms with Gasteiger partial charge in [-0.1, -0.05) is 5.11 Å². The van der Waals surface area contributed by atoms with Crippen molar-refractivity contribution in [2.24, 2.45) is 10.5 Å². The third kappa shape index (κ3) is 2.31. The zero-order chi connectivity index (χ0) is 12.7. The van der Waals surface area contributed by atoms with E-state index in [-0.39, 0.29) is 17.6 Å². The van der Waals surface area contributed by atoms with E-state index in [1.165, 1.54) is 0 Å². The minimum atomic E-state index is -0.456. The van der Waals surface area contributed by atoms with E-state index in [2.05, 4.69) is 10.0 Å². The lowest BCUT2D eigenvalue weighted by Gasteiger charge is -2.35. The maximum Gasteiger partial charge on any atom is 0.410 e. The van der Waals surface area contributed by atoms with Gasteiger partial charge in [0.2, 0.25) is 0 Å². The van der Waals surface area contributed by atoms with Crippen LogP contribution >= 0.6 is 0 Å². The highest BCUT2D eigenvalue weighted by atomic mass is 16.6. The average molecular weight is 238 g/mol. The number of hydrogen-bond acceptors (Lipinski definition) is 3. The summed E-state index contributed by atoms with van der Waals surface area (Å²) in [6.45, 7) is 6.73. The Bertz CT molecular complexity index is 375. The predicted octanol–water partition coefficient (Wildman–Crippen LogP) is 2.70. The van der Waals surface area contributed by atoms with Gasteiger partial charge in [0.1, 0.15) is 5.60 Å². The minimum Gasteiger partial charge on any atom is -0.444 e. The van der Waals surface area contributed by atoms with Gasteiger partial charge < -0.3 is 9.64 Å². The van der Waals surface area contributed by atoms with Crippen LogP contribution in [0.5, 0.6) is 0 Å². The Kier molecular flexibility index (Phi) is 2.70. The standard InChI is InChI=1S/C11H18N4O2/c1-10(2,3)17-9(16)15-7-11(6-13-14-12)4-8(15)5-11/h8H,4-7H2,1-3H3. The maximum absolute atomic E-state index is 11.9. The maximum atomic E-state index is 11.9. The molecule has 17 heavy (non-hydrogen) atoms. The van der Waals surface area contributed by atoms with E-state index in [9.17, 15) is 4.79 Å². The quantitative estimate of drug-likeness (QED) is 0.421. The Morgan fingerprint density at radius 2 is 2.24 bits per heavy atom. The molecular weight excluding hydrogens is 220 g/mol. The molecule has 0 aromatic rings. The van der Waals surface area contributed by atoms with Gasteiger partial charge in [0.15, 0.2) is 0 Å². The summed E-state index contributed by atoms with van der Waals surface area (Å²) < 4.78 is 5.35. The van der Waals surface area contributed by atoms with Crippen molar-refractivity contribution in [1.29, 1.82) is 0 Å². The van der Waals surface area contributed by atoms with Crippen molar-refractivity contribution in [1.82, 2.24) is 4.90 Å². The summed E-state index contributed by atoms with van der Waals surface area (Å²) in [6, 6.07) is 0.277. The zero-order valence-corrected chi connectivity index (χ0v) is 10.5. The number of ether oxygens (including phenoxy) is 1. The van der Waals surface area contributed by atoms with E-state index in [1.807, 2.05) is 20.8 Å². The first-order chi connectivity index (χ1) is 7.85.